The number of anilines is 1. The Morgan fingerprint density at radius 3 is 2.45 bits per heavy atom. The Hall–Kier alpha value is -2.38. The maximum absolute atomic E-state index is 12.4. The minimum atomic E-state index is -0.183. The first-order chi connectivity index (χ1) is 14.1. The second-order valence-corrected chi connectivity index (χ2v) is 8.45. The third-order valence-corrected chi connectivity index (χ3v) is 6.31. The van der Waals surface area contributed by atoms with Crippen molar-refractivity contribution in [3.05, 3.63) is 70.3 Å². The molecule has 29 heavy (non-hydrogen) atoms. The van der Waals surface area contributed by atoms with Gasteiger partial charge in [0, 0.05) is 28.4 Å². The number of hydrogen-bond donors (Lipinski definition) is 2. The molecule has 0 aliphatic carbocycles. The highest BCUT2D eigenvalue weighted by Crippen LogP contribution is 2.26. The minimum Gasteiger partial charge on any atom is -0.496 e. The number of hydrogen-bond acceptors (Lipinski definition) is 5. The van der Waals surface area contributed by atoms with Crippen LogP contribution >= 0.6 is 23.5 Å². The van der Waals surface area contributed by atoms with Crippen LogP contribution in [0.15, 0.2) is 64.1 Å². The lowest BCUT2D eigenvalue weighted by Crippen LogP contribution is -2.25. The van der Waals surface area contributed by atoms with Gasteiger partial charge < -0.3 is 15.4 Å². The number of rotatable bonds is 7. The van der Waals surface area contributed by atoms with Gasteiger partial charge in [0.25, 0.3) is 11.8 Å². The van der Waals surface area contributed by atoms with Crippen molar-refractivity contribution in [2.75, 3.05) is 30.5 Å². The molecule has 7 heteroatoms. The number of carbonyl (C=O) groups is 2. The van der Waals surface area contributed by atoms with E-state index in [-0.39, 0.29) is 11.8 Å². The van der Waals surface area contributed by atoms with Gasteiger partial charge >= 0.3 is 0 Å². The summed E-state index contributed by atoms with van der Waals surface area (Å²) < 4.78 is 5.42. The molecule has 0 radical (unpaired) electrons. The summed E-state index contributed by atoms with van der Waals surface area (Å²) in [5.74, 6) is 1.11. The monoisotopic (exact) mass is 428 g/mol. The number of nitrogens with one attached hydrogen (secondary N) is 2. The van der Waals surface area contributed by atoms with Crippen LogP contribution in [-0.4, -0.2) is 37.0 Å². The Kier molecular flexibility index (Phi) is 7.66. The normalized spacial score (nSPS) is 13.6. The molecule has 0 aromatic heterocycles. The van der Waals surface area contributed by atoms with Crippen molar-refractivity contribution in [1.29, 1.82) is 0 Å². The topological polar surface area (TPSA) is 67.4 Å². The second kappa shape index (κ2) is 10.4. The van der Waals surface area contributed by atoms with Gasteiger partial charge in [0.1, 0.15) is 10.7 Å². The molecule has 1 aliphatic heterocycles. The van der Waals surface area contributed by atoms with E-state index < -0.39 is 0 Å². The summed E-state index contributed by atoms with van der Waals surface area (Å²) in [4.78, 5) is 26.5. The first kappa shape index (κ1) is 21.3. The van der Waals surface area contributed by atoms with Gasteiger partial charge in [0.15, 0.2) is 0 Å². The summed E-state index contributed by atoms with van der Waals surface area (Å²) in [6.07, 6.45) is 2.83. The van der Waals surface area contributed by atoms with Crippen LogP contribution in [0.1, 0.15) is 22.8 Å². The van der Waals surface area contributed by atoms with Crippen LogP contribution in [0, 0.1) is 0 Å². The summed E-state index contributed by atoms with van der Waals surface area (Å²) >= 11 is 3.20. The lowest BCUT2D eigenvalue weighted by atomic mass is 10.1. The molecule has 0 fully saturated rings. The van der Waals surface area contributed by atoms with E-state index in [1.165, 1.54) is 22.2 Å². The van der Waals surface area contributed by atoms with Crippen molar-refractivity contribution < 1.29 is 14.3 Å². The van der Waals surface area contributed by atoms with Crippen LogP contribution in [0.3, 0.4) is 0 Å². The van der Waals surface area contributed by atoms with Crippen molar-refractivity contribution in [3.8, 4) is 0 Å². The summed E-state index contributed by atoms with van der Waals surface area (Å²) in [6.45, 7) is 2.99. The van der Waals surface area contributed by atoms with Crippen LogP contribution in [0.5, 0.6) is 0 Å². The summed E-state index contributed by atoms with van der Waals surface area (Å²) in [5, 5.41) is 5.79. The maximum Gasteiger partial charge on any atom is 0.265 e. The highest BCUT2D eigenvalue weighted by atomic mass is 32.2. The van der Waals surface area contributed by atoms with Gasteiger partial charge in [-0.2, -0.15) is 0 Å². The molecular weight excluding hydrogens is 404 g/mol. The quantitative estimate of drug-likeness (QED) is 0.643. The molecule has 2 aromatic rings. The molecule has 3 rings (SSSR count). The van der Waals surface area contributed by atoms with Gasteiger partial charge in [-0.25, -0.2) is 0 Å². The average molecular weight is 429 g/mol. The number of amides is 2. The van der Waals surface area contributed by atoms with Gasteiger partial charge in [-0.15, -0.1) is 23.5 Å². The molecule has 152 valence electrons. The molecule has 5 nitrogen and oxygen atoms in total. The first-order valence-electron chi connectivity index (χ1n) is 9.36. The third-order valence-electron chi connectivity index (χ3n) is 4.44. The largest absolute Gasteiger partial charge is 0.496 e. The summed E-state index contributed by atoms with van der Waals surface area (Å²) in [6, 6.07) is 15.2. The highest BCUT2D eigenvalue weighted by Gasteiger charge is 2.18. The van der Waals surface area contributed by atoms with Crippen molar-refractivity contribution in [3.63, 3.8) is 0 Å². The van der Waals surface area contributed by atoms with Crippen LogP contribution in [0.4, 0.5) is 5.69 Å². The Morgan fingerprint density at radius 2 is 1.79 bits per heavy atom. The number of allylic oxidation sites excluding steroid dienone is 1. The molecule has 0 saturated heterocycles. The lowest BCUT2D eigenvalue weighted by Gasteiger charge is -2.17. The molecule has 0 atom stereocenters. The summed E-state index contributed by atoms with van der Waals surface area (Å²) in [5.41, 5.74) is 2.40. The van der Waals surface area contributed by atoms with E-state index in [1.54, 1.807) is 43.0 Å². The zero-order valence-corrected chi connectivity index (χ0v) is 18.1. The third kappa shape index (κ3) is 6.05. The van der Waals surface area contributed by atoms with Crippen molar-refractivity contribution in [1.82, 2.24) is 5.32 Å². The van der Waals surface area contributed by atoms with Gasteiger partial charge in [-0.1, -0.05) is 12.1 Å². The van der Waals surface area contributed by atoms with Crippen LogP contribution in [-0.2, 0) is 16.0 Å². The molecule has 0 saturated carbocycles. The molecule has 1 heterocycles. The summed E-state index contributed by atoms with van der Waals surface area (Å²) in [7, 11) is 0. The van der Waals surface area contributed by atoms with Crippen LogP contribution in [0.2, 0.25) is 0 Å². The fourth-order valence-corrected chi connectivity index (χ4v) is 4.06. The van der Waals surface area contributed by atoms with E-state index in [0.717, 1.165) is 12.2 Å². The smallest absolute Gasteiger partial charge is 0.265 e. The Bertz CT molecular complexity index is 893. The fraction of sp³-hybridized carbons (Fsp3) is 0.273. The van der Waals surface area contributed by atoms with E-state index >= 15 is 0 Å². The zero-order valence-electron chi connectivity index (χ0n) is 16.5. The fourth-order valence-electron chi connectivity index (χ4n) is 2.84. The van der Waals surface area contributed by atoms with E-state index in [4.69, 9.17) is 4.74 Å². The first-order valence-corrected chi connectivity index (χ1v) is 11.6. The van der Waals surface area contributed by atoms with E-state index in [9.17, 15) is 9.59 Å². The van der Waals surface area contributed by atoms with Crippen LogP contribution < -0.4 is 10.6 Å². The Labute approximate surface area is 179 Å². The average Bonchev–Trinajstić information content (AvgIpc) is 2.75. The van der Waals surface area contributed by atoms with Gasteiger partial charge in [-0.05, 0) is 61.6 Å². The van der Waals surface area contributed by atoms with Crippen molar-refractivity contribution >= 4 is 41.0 Å². The van der Waals surface area contributed by atoms with Gasteiger partial charge in [0.05, 0.1) is 6.61 Å². The molecule has 2 aromatic carbocycles. The SMILES string of the molecule is CSc1ccc(CCNC(=O)c2ccc(NC(=O)C3=C(C)OCCS3)cc2)cc1. The number of benzene rings is 2. The molecule has 0 unspecified atom stereocenters. The number of ether oxygens (including phenoxy) is 1. The zero-order chi connectivity index (χ0) is 20.6. The minimum absolute atomic E-state index is 0.126. The predicted octanol–water partition coefficient (Wildman–Crippen LogP) is 4.31. The molecule has 2 amide bonds. The van der Waals surface area contributed by atoms with Crippen molar-refractivity contribution in [2.45, 2.75) is 18.2 Å². The Morgan fingerprint density at radius 1 is 1.07 bits per heavy atom. The Balaban J connectivity index is 1.49. The molecule has 1 aliphatic rings. The maximum atomic E-state index is 12.4. The lowest BCUT2D eigenvalue weighted by molar-refractivity contribution is -0.112. The van der Waals surface area contributed by atoms with Crippen molar-refractivity contribution in [2.24, 2.45) is 0 Å². The molecule has 0 spiro atoms. The number of carbonyl (C=O) groups excluding carboxylic acids is 2. The van der Waals surface area contributed by atoms with Gasteiger partial charge in [0.2, 0.25) is 0 Å². The van der Waals surface area contributed by atoms with E-state index in [0.29, 0.717) is 35.1 Å². The van der Waals surface area contributed by atoms with Gasteiger partial charge in [-0.3, -0.25) is 9.59 Å². The van der Waals surface area contributed by atoms with E-state index in [2.05, 4.69) is 34.9 Å². The van der Waals surface area contributed by atoms with E-state index in [1.807, 2.05) is 6.26 Å². The molecule has 2 N–H and O–H groups in total. The molecular formula is C22H24N2O3S2. The molecule has 0 bridgehead atoms. The predicted molar refractivity (Wildman–Crippen MR) is 120 cm³/mol. The number of thioether (sulfide) groups is 2. The second-order valence-electron chi connectivity index (χ2n) is 6.47. The standard InChI is InChI=1S/C22H24N2O3S2/c1-15-20(29-14-13-27-15)22(26)24-18-7-5-17(6-8-18)21(25)23-12-11-16-3-9-19(28-2)10-4-16/h3-10H,11-14H2,1-2H3,(H,23,25)(H,24,26). The van der Waals surface area contributed by atoms with Crippen LogP contribution in [0.25, 0.3) is 0 Å². The highest BCUT2D eigenvalue weighted by molar-refractivity contribution is 8.04.